The molecule has 27 heavy (non-hydrogen) atoms. The Morgan fingerprint density at radius 2 is 1.81 bits per heavy atom. The van der Waals surface area contributed by atoms with E-state index in [0.29, 0.717) is 5.02 Å². The quantitative estimate of drug-likeness (QED) is 0.419. The highest BCUT2D eigenvalue weighted by Gasteiger charge is 2.10. The summed E-state index contributed by atoms with van der Waals surface area (Å²) in [5.74, 6) is 0.763. The van der Waals surface area contributed by atoms with E-state index >= 15 is 0 Å². The molecule has 0 spiro atoms. The summed E-state index contributed by atoms with van der Waals surface area (Å²) in [6.45, 7) is 8.50. The van der Waals surface area contributed by atoms with E-state index in [1.165, 1.54) is 0 Å². The number of hydrogen-bond donors (Lipinski definition) is 1. The van der Waals surface area contributed by atoms with Gasteiger partial charge in [-0.25, -0.2) is 9.97 Å². The summed E-state index contributed by atoms with van der Waals surface area (Å²) in [5.41, 5.74) is 4.21. The molecular formula is C20H26Cl2N4O. The standard InChI is InChI=1S/C20H25ClN4O.ClH/c1-4-25(5-2)10-6-9-22-18-12-15(26-3)13-19-20(18)24-16-8-7-14(21)11-17(16)23-19;/h7-8,11-13,22H,4-6,9-10H2,1-3H3;1H. The summed E-state index contributed by atoms with van der Waals surface area (Å²) >= 11 is 6.08. The van der Waals surface area contributed by atoms with Crippen molar-refractivity contribution in [3.63, 3.8) is 0 Å². The number of fused-ring (bicyclic) bond motifs is 2. The lowest BCUT2D eigenvalue weighted by Crippen LogP contribution is -2.25. The van der Waals surface area contributed by atoms with E-state index in [1.807, 2.05) is 30.3 Å². The van der Waals surface area contributed by atoms with E-state index in [9.17, 15) is 0 Å². The van der Waals surface area contributed by atoms with Crippen molar-refractivity contribution in [2.24, 2.45) is 0 Å². The van der Waals surface area contributed by atoms with E-state index < -0.39 is 0 Å². The van der Waals surface area contributed by atoms with Gasteiger partial charge in [0.05, 0.1) is 29.3 Å². The van der Waals surface area contributed by atoms with Gasteiger partial charge >= 0.3 is 0 Å². The zero-order valence-corrected chi connectivity index (χ0v) is 17.5. The van der Waals surface area contributed by atoms with Gasteiger partial charge < -0.3 is 15.0 Å². The number of anilines is 1. The Labute approximate surface area is 171 Å². The summed E-state index contributed by atoms with van der Waals surface area (Å²) in [6, 6.07) is 9.46. The third kappa shape index (κ3) is 5.12. The van der Waals surface area contributed by atoms with Crippen molar-refractivity contribution in [3.8, 4) is 5.75 Å². The predicted molar refractivity (Wildman–Crippen MR) is 117 cm³/mol. The molecule has 0 aliphatic rings. The molecule has 5 nitrogen and oxygen atoms in total. The average molecular weight is 409 g/mol. The average Bonchev–Trinajstić information content (AvgIpc) is 2.66. The van der Waals surface area contributed by atoms with Crippen molar-refractivity contribution in [2.75, 3.05) is 38.6 Å². The van der Waals surface area contributed by atoms with Crippen LogP contribution in [-0.4, -0.2) is 48.2 Å². The first-order chi connectivity index (χ1) is 12.6. The predicted octanol–water partition coefficient (Wildman–Crippen LogP) is 5.01. The second-order valence-corrected chi connectivity index (χ2v) is 6.64. The van der Waals surface area contributed by atoms with Crippen molar-refractivity contribution >= 4 is 51.8 Å². The molecule has 1 heterocycles. The molecule has 1 N–H and O–H groups in total. The first-order valence-electron chi connectivity index (χ1n) is 9.05. The summed E-state index contributed by atoms with van der Waals surface area (Å²) in [7, 11) is 1.66. The largest absolute Gasteiger partial charge is 0.497 e. The van der Waals surface area contributed by atoms with Gasteiger partial charge in [0.1, 0.15) is 11.3 Å². The van der Waals surface area contributed by atoms with Crippen molar-refractivity contribution in [1.82, 2.24) is 14.9 Å². The third-order valence-electron chi connectivity index (χ3n) is 4.57. The van der Waals surface area contributed by atoms with Crippen LogP contribution in [0, 0.1) is 0 Å². The van der Waals surface area contributed by atoms with Crippen LogP contribution in [0.3, 0.4) is 0 Å². The topological polar surface area (TPSA) is 50.3 Å². The molecule has 3 rings (SSSR count). The molecule has 1 aromatic heterocycles. The van der Waals surface area contributed by atoms with Crippen molar-refractivity contribution in [1.29, 1.82) is 0 Å². The van der Waals surface area contributed by atoms with Crippen molar-refractivity contribution in [3.05, 3.63) is 35.4 Å². The number of nitrogens with zero attached hydrogens (tertiary/aromatic N) is 3. The first kappa shape index (κ1) is 21.5. The molecule has 3 aromatic rings. The zero-order valence-electron chi connectivity index (χ0n) is 16.0. The highest BCUT2D eigenvalue weighted by Crippen LogP contribution is 2.29. The van der Waals surface area contributed by atoms with Gasteiger partial charge in [0.25, 0.3) is 0 Å². The maximum absolute atomic E-state index is 6.08. The van der Waals surface area contributed by atoms with Crippen LogP contribution in [0.1, 0.15) is 20.3 Å². The Bertz CT molecular complexity index is 900. The molecule has 7 heteroatoms. The van der Waals surface area contributed by atoms with Gasteiger partial charge in [0.15, 0.2) is 0 Å². The molecule has 0 saturated carbocycles. The fourth-order valence-corrected chi connectivity index (χ4v) is 3.21. The van der Waals surface area contributed by atoms with Gasteiger partial charge in [-0.3, -0.25) is 0 Å². The first-order valence-corrected chi connectivity index (χ1v) is 9.43. The van der Waals surface area contributed by atoms with Crippen LogP contribution in [-0.2, 0) is 0 Å². The Balaban J connectivity index is 0.00000261. The maximum atomic E-state index is 6.08. The molecule has 0 atom stereocenters. The highest BCUT2D eigenvalue weighted by molar-refractivity contribution is 6.31. The third-order valence-corrected chi connectivity index (χ3v) is 4.81. The molecule has 0 amide bonds. The lowest BCUT2D eigenvalue weighted by Gasteiger charge is -2.18. The zero-order chi connectivity index (χ0) is 18.5. The summed E-state index contributed by atoms with van der Waals surface area (Å²) in [6.07, 6.45) is 1.07. The highest BCUT2D eigenvalue weighted by atomic mass is 35.5. The van der Waals surface area contributed by atoms with Crippen LogP contribution < -0.4 is 10.1 Å². The number of hydrogen-bond acceptors (Lipinski definition) is 5. The van der Waals surface area contributed by atoms with Crippen LogP contribution in [0.5, 0.6) is 5.75 Å². The molecule has 0 unspecified atom stereocenters. The second kappa shape index (κ2) is 9.93. The molecular weight excluding hydrogens is 383 g/mol. The van der Waals surface area contributed by atoms with E-state index in [1.54, 1.807) is 7.11 Å². The number of methoxy groups -OCH3 is 1. The van der Waals surface area contributed by atoms with Crippen molar-refractivity contribution in [2.45, 2.75) is 20.3 Å². The normalized spacial score (nSPS) is 11.0. The minimum Gasteiger partial charge on any atom is -0.497 e. The lowest BCUT2D eigenvalue weighted by atomic mass is 10.2. The Morgan fingerprint density at radius 1 is 1.04 bits per heavy atom. The van der Waals surface area contributed by atoms with Gasteiger partial charge in [-0.1, -0.05) is 25.4 Å². The second-order valence-electron chi connectivity index (χ2n) is 6.21. The van der Waals surface area contributed by atoms with Gasteiger partial charge in [-0.15, -0.1) is 12.4 Å². The number of aromatic nitrogens is 2. The smallest absolute Gasteiger partial charge is 0.123 e. The molecule has 146 valence electrons. The van der Waals surface area contributed by atoms with Crippen LogP contribution in [0.15, 0.2) is 30.3 Å². The van der Waals surface area contributed by atoms with Crippen molar-refractivity contribution < 1.29 is 4.74 Å². The molecule has 0 aliphatic carbocycles. The summed E-state index contributed by atoms with van der Waals surface area (Å²) in [4.78, 5) is 11.9. The summed E-state index contributed by atoms with van der Waals surface area (Å²) in [5, 5.41) is 4.16. The van der Waals surface area contributed by atoms with Gasteiger partial charge in [-0.05, 0) is 44.3 Å². The fraction of sp³-hybridized carbons (Fsp3) is 0.400. The van der Waals surface area contributed by atoms with Crippen LogP contribution >= 0.6 is 24.0 Å². The van der Waals surface area contributed by atoms with E-state index in [-0.39, 0.29) is 12.4 Å². The maximum Gasteiger partial charge on any atom is 0.123 e. The minimum atomic E-state index is 0. The van der Waals surface area contributed by atoms with Crippen LogP contribution in [0.4, 0.5) is 5.69 Å². The van der Waals surface area contributed by atoms with Crippen LogP contribution in [0.25, 0.3) is 22.1 Å². The monoisotopic (exact) mass is 408 g/mol. The minimum absolute atomic E-state index is 0. The van der Waals surface area contributed by atoms with Crippen LogP contribution in [0.2, 0.25) is 5.02 Å². The number of halogens is 2. The molecule has 0 saturated heterocycles. The molecule has 2 aromatic carbocycles. The van der Waals surface area contributed by atoms with E-state index in [2.05, 4.69) is 24.1 Å². The van der Waals surface area contributed by atoms with E-state index in [4.69, 9.17) is 26.3 Å². The lowest BCUT2D eigenvalue weighted by molar-refractivity contribution is 0.303. The number of benzene rings is 2. The van der Waals surface area contributed by atoms with Gasteiger partial charge in [0, 0.05) is 23.7 Å². The molecule has 0 aliphatic heterocycles. The molecule has 0 fully saturated rings. The number of nitrogens with one attached hydrogen (secondary N) is 1. The fourth-order valence-electron chi connectivity index (χ4n) is 3.05. The Kier molecular flexibility index (Phi) is 7.90. The molecule has 0 radical (unpaired) electrons. The van der Waals surface area contributed by atoms with Gasteiger partial charge in [-0.2, -0.15) is 0 Å². The Morgan fingerprint density at radius 3 is 2.52 bits per heavy atom. The van der Waals surface area contributed by atoms with E-state index in [0.717, 1.165) is 66.1 Å². The number of rotatable bonds is 8. The Hall–Kier alpha value is -1.82. The number of ether oxygens (including phenoxy) is 1. The molecule has 0 bridgehead atoms. The summed E-state index contributed by atoms with van der Waals surface area (Å²) < 4.78 is 5.44. The SMILES string of the molecule is CCN(CC)CCCNc1cc(OC)cc2nc3cc(Cl)ccc3nc12.Cl. The van der Waals surface area contributed by atoms with Gasteiger partial charge in [0.2, 0.25) is 0 Å².